The molecule has 0 amide bonds. The Kier molecular flexibility index (Phi) is 12.4. The van der Waals surface area contributed by atoms with Gasteiger partial charge in [-0.05, 0) is 42.9 Å². The molecule has 1 fully saturated rings. The SMILES string of the molecule is CN=C(NCCCOC1CCOC1)NCCC(C)c1ccc(OC)cc1.I. The number of methoxy groups -OCH3 is 1. The number of benzene rings is 1. The first-order valence-corrected chi connectivity index (χ1v) is 9.50. The van der Waals surface area contributed by atoms with E-state index in [1.165, 1.54) is 5.56 Å². The van der Waals surface area contributed by atoms with Gasteiger partial charge in [0.2, 0.25) is 0 Å². The molecule has 1 heterocycles. The summed E-state index contributed by atoms with van der Waals surface area (Å²) in [4.78, 5) is 4.27. The van der Waals surface area contributed by atoms with Crippen molar-refractivity contribution >= 4 is 29.9 Å². The van der Waals surface area contributed by atoms with Crippen LogP contribution in [0.4, 0.5) is 0 Å². The van der Waals surface area contributed by atoms with Gasteiger partial charge < -0.3 is 24.8 Å². The number of hydrogen-bond acceptors (Lipinski definition) is 4. The summed E-state index contributed by atoms with van der Waals surface area (Å²) < 4.78 is 16.3. The summed E-state index contributed by atoms with van der Waals surface area (Å²) >= 11 is 0. The van der Waals surface area contributed by atoms with E-state index in [9.17, 15) is 0 Å². The van der Waals surface area contributed by atoms with Gasteiger partial charge in [-0.2, -0.15) is 0 Å². The Hall–Kier alpha value is -1.06. The molecule has 154 valence electrons. The third-order valence-corrected chi connectivity index (χ3v) is 4.63. The van der Waals surface area contributed by atoms with Crippen LogP contribution < -0.4 is 15.4 Å². The zero-order valence-electron chi connectivity index (χ0n) is 16.7. The highest BCUT2D eigenvalue weighted by molar-refractivity contribution is 14.0. The quantitative estimate of drug-likeness (QED) is 0.228. The Morgan fingerprint density at radius 2 is 2.00 bits per heavy atom. The second-order valence-electron chi connectivity index (χ2n) is 6.60. The van der Waals surface area contributed by atoms with E-state index in [-0.39, 0.29) is 30.1 Å². The van der Waals surface area contributed by atoms with Crippen LogP contribution in [0.25, 0.3) is 0 Å². The fraction of sp³-hybridized carbons (Fsp3) is 0.650. The molecule has 0 aromatic heterocycles. The monoisotopic (exact) mass is 491 g/mol. The molecule has 6 nitrogen and oxygen atoms in total. The van der Waals surface area contributed by atoms with Crippen LogP contribution >= 0.6 is 24.0 Å². The van der Waals surface area contributed by atoms with E-state index in [2.05, 4.69) is 34.7 Å². The van der Waals surface area contributed by atoms with Gasteiger partial charge in [-0.25, -0.2) is 0 Å². The summed E-state index contributed by atoms with van der Waals surface area (Å²) in [5.74, 6) is 2.22. The van der Waals surface area contributed by atoms with Crippen LogP contribution in [0.3, 0.4) is 0 Å². The van der Waals surface area contributed by atoms with Crippen LogP contribution in [0.2, 0.25) is 0 Å². The summed E-state index contributed by atoms with van der Waals surface area (Å²) in [5.41, 5.74) is 1.32. The van der Waals surface area contributed by atoms with Crippen LogP contribution in [-0.4, -0.2) is 59.1 Å². The maximum Gasteiger partial charge on any atom is 0.190 e. The molecule has 0 saturated carbocycles. The Morgan fingerprint density at radius 1 is 1.26 bits per heavy atom. The summed E-state index contributed by atoms with van der Waals surface area (Å²) in [6, 6.07) is 8.29. The van der Waals surface area contributed by atoms with Gasteiger partial charge in [0, 0.05) is 33.4 Å². The first kappa shape index (κ1) is 24.0. The number of halogens is 1. The molecular formula is C20H34IN3O3. The van der Waals surface area contributed by atoms with Gasteiger partial charge in [0.1, 0.15) is 5.75 Å². The van der Waals surface area contributed by atoms with Crippen molar-refractivity contribution in [2.75, 3.05) is 47.1 Å². The van der Waals surface area contributed by atoms with Gasteiger partial charge in [-0.1, -0.05) is 19.1 Å². The molecule has 2 N–H and O–H groups in total. The molecule has 27 heavy (non-hydrogen) atoms. The highest BCUT2D eigenvalue weighted by Gasteiger charge is 2.15. The maximum atomic E-state index is 5.76. The van der Waals surface area contributed by atoms with Gasteiger partial charge >= 0.3 is 0 Å². The second kappa shape index (κ2) is 14.0. The van der Waals surface area contributed by atoms with E-state index in [4.69, 9.17) is 14.2 Å². The minimum absolute atomic E-state index is 0. The molecule has 7 heteroatoms. The number of nitrogens with one attached hydrogen (secondary N) is 2. The van der Waals surface area contributed by atoms with Gasteiger partial charge in [0.15, 0.2) is 5.96 Å². The van der Waals surface area contributed by atoms with E-state index in [1.54, 1.807) is 14.2 Å². The van der Waals surface area contributed by atoms with Crippen LogP contribution in [0.1, 0.15) is 37.7 Å². The van der Waals surface area contributed by atoms with Crippen molar-refractivity contribution in [3.05, 3.63) is 29.8 Å². The first-order valence-electron chi connectivity index (χ1n) is 9.50. The minimum atomic E-state index is 0. The number of nitrogens with zero attached hydrogens (tertiary/aromatic N) is 1. The summed E-state index contributed by atoms with van der Waals surface area (Å²) in [5, 5.41) is 6.71. The number of aliphatic imine (C=N–C) groups is 1. The molecule has 0 spiro atoms. The zero-order valence-corrected chi connectivity index (χ0v) is 19.0. The topological polar surface area (TPSA) is 64.1 Å². The van der Waals surface area contributed by atoms with E-state index in [1.807, 2.05) is 12.1 Å². The first-order chi connectivity index (χ1) is 12.7. The second-order valence-corrected chi connectivity index (χ2v) is 6.60. The fourth-order valence-electron chi connectivity index (χ4n) is 2.90. The van der Waals surface area contributed by atoms with Crippen molar-refractivity contribution < 1.29 is 14.2 Å². The average molecular weight is 491 g/mol. The lowest BCUT2D eigenvalue weighted by molar-refractivity contribution is 0.0420. The Morgan fingerprint density at radius 3 is 2.63 bits per heavy atom. The van der Waals surface area contributed by atoms with Crippen LogP contribution in [-0.2, 0) is 9.47 Å². The summed E-state index contributed by atoms with van der Waals surface area (Å²) in [6.07, 6.45) is 3.30. The molecule has 2 atom stereocenters. The third kappa shape index (κ3) is 9.12. The number of guanidine groups is 1. The Labute approximate surface area is 180 Å². The molecule has 1 aromatic carbocycles. The average Bonchev–Trinajstić information content (AvgIpc) is 3.19. The molecule has 1 saturated heterocycles. The Balaban J connectivity index is 0.00000364. The van der Waals surface area contributed by atoms with Gasteiger partial charge in [0.25, 0.3) is 0 Å². The molecule has 0 aliphatic carbocycles. The van der Waals surface area contributed by atoms with Crippen LogP contribution in [0.15, 0.2) is 29.3 Å². The minimum Gasteiger partial charge on any atom is -0.497 e. The highest BCUT2D eigenvalue weighted by atomic mass is 127. The van der Waals surface area contributed by atoms with Gasteiger partial charge in [-0.3, -0.25) is 4.99 Å². The summed E-state index contributed by atoms with van der Waals surface area (Å²) in [7, 11) is 3.49. The molecular weight excluding hydrogens is 457 g/mol. The normalized spacial score (nSPS) is 17.9. The smallest absolute Gasteiger partial charge is 0.190 e. The van der Waals surface area contributed by atoms with Crippen molar-refractivity contribution in [1.82, 2.24) is 10.6 Å². The maximum absolute atomic E-state index is 5.76. The van der Waals surface area contributed by atoms with Crippen molar-refractivity contribution in [3.63, 3.8) is 0 Å². The largest absolute Gasteiger partial charge is 0.497 e. The third-order valence-electron chi connectivity index (χ3n) is 4.63. The van der Waals surface area contributed by atoms with Crippen molar-refractivity contribution in [1.29, 1.82) is 0 Å². The molecule has 1 aromatic rings. The molecule has 1 aliphatic heterocycles. The Bertz CT molecular complexity index is 534. The zero-order chi connectivity index (χ0) is 18.6. The molecule has 2 rings (SSSR count). The van der Waals surface area contributed by atoms with E-state index < -0.39 is 0 Å². The standard InChI is InChI=1S/C20H33N3O3.HI/c1-16(17-5-7-18(24-3)8-6-17)9-12-23-20(21-2)22-11-4-13-26-19-10-14-25-15-19;/h5-8,16,19H,4,9-15H2,1-3H3,(H2,21,22,23);1H. The lowest BCUT2D eigenvalue weighted by atomic mass is 9.98. The predicted molar refractivity (Wildman–Crippen MR) is 121 cm³/mol. The van der Waals surface area contributed by atoms with E-state index in [0.717, 1.165) is 63.9 Å². The molecule has 0 bridgehead atoms. The van der Waals surface area contributed by atoms with E-state index >= 15 is 0 Å². The highest BCUT2D eigenvalue weighted by Crippen LogP contribution is 2.21. The number of hydrogen-bond donors (Lipinski definition) is 2. The van der Waals surface area contributed by atoms with Crippen molar-refractivity contribution in [3.8, 4) is 5.75 Å². The van der Waals surface area contributed by atoms with Crippen LogP contribution in [0, 0.1) is 0 Å². The molecule has 0 radical (unpaired) electrons. The summed E-state index contributed by atoms with van der Waals surface area (Å²) in [6.45, 7) is 6.29. The van der Waals surface area contributed by atoms with Crippen molar-refractivity contribution in [2.24, 2.45) is 4.99 Å². The number of rotatable bonds is 10. The van der Waals surface area contributed by atoms with Crippen molar-refractivity contribution in [2.45, 2.75) is 38.2 Å². The van der Waals surface area contributed by atoms with Crippen LogP contribution in [0.5, 0.6) is 5.75 Å². The lowest BCUT2D eigenvalue weighted by Gasteiger charge is -2.16. The molecule has 2 unspecified atom stereocenters. The van der Waals surface area contributed by atoms with E-state index in [0.29, 0.717) is 5.92 Å². The molecule has 1 aliphatic rings. The number of ether oxygens (including phenoxy) is 3. The predicted octanol–water partition coefficient (Wildman–Crippen LogP) is 3.17. The fourth-order valence-corrected chi connectivity index (χ4v) is 2.90. The van der Waals surface area contributed by atoms with Gasteiger partial charge in [-0.15, -0.1) is 24.0 Å². The van der Waals surface area contributed by atoms with Gasteiger partial charge in [0.05, 0.1) is 19.8 Å². The lowest BCUT2D eigenvalue weighted by Crippen LogP contribution is -2.38.